The highest BCUT2D eigenvalue weighted by Crippen LogP contribution is 2.14. The molecule has 0 spiro atoms. The molecular formula is C22H27N3O2. The highest BCUT2D eigenvalue weighted by molar-refractivity contribution is 5.89. The Labute approximate surface area is 160 Å². The van der Waals surface area contributed by atoms with Gasteiger partial charge in [-0.3, -0.25) is 4.79 Å². The lowest BCUT2D eigenvalue weighted by Crippen LogP contribution is -2.47. The average Bonchev–Trinajstić information content (AvgIpc) is 2.70. The Hall–Kier alpha value is -2.82. The molecule has 1 heterocycles. The van der Waals surface area contributed by atoms with E-state index in [9.17, 15) is 9.59 Å². The van der Waals surface area contributed by atoms with Gasteiger partial charge in [0.05, 0.1) is 0 Å². The maximum absolute atomic E-state index is 12.3. The minimum absolute atomic E-state index is 0.0752. The number of rotatable bonds is 6. The molecule has 0 saturated carbocycles. The topological polar surface area (TPSA) is 61.4 Å². The van der Waals surface area contributed by atoms with Crippen LogP contribution in [0.2, 0.25) is 0 Å². The molecule has 5 nitrogen and oxygen atoms in total. The van der Waals surface area contributed by atoms with Crippen LogP contribution in [-0.4, -0.2) is 36.0 Å². The number of piperidine rings is 1. The summed E-state index contributed by atoms with van der Waals surface area (Å²) in [5.41, 5.74) is 2.07. The van der Waals surface area contributed by atoms with Crippen LogP contribution in [0.1, 0.15) is 31.2 Å². The molecule has 1 saturated heterocycles. The highest BCUT2D eigenvalue weighted by Gasteiger charge is 2.23. The van der Waals surface area contributed by atoms with Crippen LogP contribution < -0.4 is 10.6 Å². The van der Waals surface area contributed by atoms with E-state index in [1.54, 1.807) is 0 Å². The van der Waals surface area contributed by atoms with Gasteiger partial charge in [-0.1, -0.05) is 48.5 Å². The van der Waals surface area contributed by atoms with Crippen LogP contribution in [-0.2, 0) is 11.2 Å². The van der Waals surface area contributed by atoms with E-state index in [0.717, 1.165) is 31.4 Å². The van der Waals surface area contributed by atoms with Crippen molar-refractivity contribution in [3.05, 3.63) is 66.2 Å². The lowest BCUT2D eigenvalue weighted by molar-refractivity contribution is -0.122. The Bertz CT molecular complexity index is 726. The minimum Gasteiger partial charge on any atom is -0.353 e. The summed E-state index contributed by atoms with van der Waals surface area (Å²) < 4.78 is 0. The molecule has 2 aromatic carbocycles. The number of urea groups is 1. The lowest BCUT2D eigenvalue weighted by atomic mass is 10.0. The summed E-state index contributed by atoms with van der Waals surface area (Å²) in [6, 6.07) is 19.8. The Morgan fingerprint density at radius 3 is 2.22 bits per heavy atom. The molecule has 1 aliphatic heterocycles. The number of likely N-dealkylation sites (tertiary alicyclic amines) is 1. The van der Waals surface area contributed by atoms with Gasteiger partial charge in [0.2, 0.25) is 5.91 Å². The molecule has 1 aliphatic rings. The van der Waals surface area contributed by atoms with Crippen molar-refractivity contribution in [3.8, 4) is 0 Å². The summed E-state index contributed by atoms with van der Waals surface area (Å²) in [5.74, 6) is 0.109. The molecule has 1 fully saturated rings. The number of anilines is 1. The van der Waals surface area contributed by atoms with E-state index in [0.29, 0.717) is 19.5 Å². The van der Waals surface area contributed by atoms with E-state index in [1.165, 1.54) is 5.56 Å². The summed E-state index contributed by atoms with van der Waals surface area (Å²) in [5, 5.41) is 6.03. The molecule has 0 aliphatic carbocycles. The zero-order valence-corrected chi connectivity index (χ0v) is 15.6. The average molecular weight is 365 g/mol. The fourth-order valence-corrected chi connectivity index (χ4v) is 3.35. The largest absolute Gasteiger partial charge is 0.353 e. The first-order valence-corrected chi connectivity index (χ1v) is 9.65. The van der Waals surface area contributed by atoms with Crippen LogP contribution >= 0.6 is 0 Å². The summed E-state index contributed by atoms with van der Waals surface area (Å²) in [6.07, 6.45) is 3.92. The molecule has 0 atom stereocenters. The fourth-order valence-electron chi connectivity index (χ4n) is 3.35. The van der Waals surface area contributed by atoms with Crippen molar-refractivity contribution in [1.29, 1.82) is 0 Å². The van der Waals surface area contributed by atoms with Gasteiger partial charge >= 0.3 is 6.03 Å². The first kappa shape index (κ1) is 19.0. The SMILES string of the molecule is O=C(CCCc1ccccc1)NC1CCN(C(=O)Nc2ccccc2)CC1. The number of hydrogen-bond donors (Lipinski definition) is 2. The van der Waals surface area contributed by atoms with Crippen LogP contribution in [0.3, 0.4) is 0 Å². The third kappa shape index (κ3) is 6.13. The van der Waals surface area contributed by atoms with E-state index >= 15 is 0 Å². The smallest absolute Gasteiger partial charge is 0.321 e. The van der Waals surface area contributed by atoms with E-state index in [4.69, 9.17) is 0 Å². The molecule has 0 bridgehead atoms. The van der Waals surface area contributed by atoms with E-state index in [-0.39, 0.29) is 18.0 Å². The molecule has 0 unspecified atom stereocenters. The maximum atomic E-state index is 12.3. The number of amides is 3. The molecule has 5 heteroatoms. The van der Waals surface area contributed by atoms with Gasteiger partial charge in [-0.15, -0.1) is 0 Å². The predicted molar refractivity (Wildman–Crippen MR) is 108 cm³/mol. The van der Waals surface area contributed by atoms with Gasteiger partial charge in [0.25, 0.3) is 0 Å². The van der Waals surface area contributed by atoms with E-state index < -0.39 is 0 Å². The molecule has 2 N–H and O–H groups in total. The molecule has 0 radical (unpaired) electrons. The normalized spacial score (nSPS) is 14.6. The van der Waals surface area contributed by atoms with Crippen molar-refractivity contribution in [2.45, 2.75) is 38.1 Å². The number of hydrogen-bond acceptors (Lipinski definition) is 2. The standard InChI is InChI=1S/C22H27N3O2/c26-21(13-7-10-18-8-3-1-4-9-18)23-20-14-16-25(17-15-20)22(27)24-19-11-5-2-6-12-19/h1-6,8-9,11-12,20H,7,10,13-17H2,(H,23,26)(H,24,27). The third-order valence-corrected chi connectivity index (χ3v) is 4.88. The quantitative estimate of drug-likeness (QED) is 0.817. The minimum atomic E-state index is -0.0752. The van der Waals surface area contributed by atoms with E-state index in [2.05, 4.69) is 22.8 Å². The Kier molecular flexibility index (Phi) is 6.85. The number of carbonyl (C=O) groups is 2. The number of para-hydroxylation sites is 1. The van der Waals surface area contributed by atoms with Gasteiger partial charge in [-0.05, 0) is 43.4 Å². The monoisotopic (exact) mass is 365 g/mol. The number of carbonyl (C=O) groups excluding carboxylic acids is 2. The summed E-state index contributed by atoms with van der Waals surface area (Å²) >= 11 is 0. The zero-order chi connectivity index (χ0) is 18.9. The van der Waals surface area contributed by atoms with Crippen molar-refractivity contribution in [2.75, 3.05) is 18.4 Å². The van der Waals surface area contributed by atoms with Gasteiger partial charge in [-0.2, -0.15) is 0 Å². The number of nitrogens with one attached hydrogen (secondary N) is 2. The molecule has 27 heavy (non-hydrogen) atoms. The second-order valence-corrected chi connectivity index (χ2v) is 6.96. The van der Waals surface area contributed by atoms with Gasteiger partial charge in [0, 0.05) is 31.2 Å². The van der Waals surface area contributed by atoms with Crippen molar-refractivity contribution in [1.82, 2.24) is 10.2 Å². The predicted octanol–water partition coefficient (Wildman–Crippen LogP) is 3.82. The maximum Gasteiger partial charge on any atom is 0.321 e. The number of benzene rings is 2. The molecule has 142 valence electrons. The lowest BCUT2D eigenvalue weighted by Gasteiger charge is -2.32. The Morgan fingerprint density at radius 2 is 1.56 bits per heavy atom. The van der Waals surface area contributed by atoms with Gasteiger partial charge in [-0.25, -0.2) is 4.79 Å². The summed E-state index contributed by atoms with van der Waals surface area (Å²) in [7, 11) is 0. The first-order chi connectivity index (χ1) is 13.2. The molecule has 3 rings (SSSR count). The zero-order valence-electron chi connectivity index (χ0n) is 15.6. The van der Waals surface area contributed by atoms with Crippen LogP contribution in [0.25, 0.3) is 0 Å². The Morgan fingerprint density at radius 1 is 0.926 bits per heavy atom. The van der Waals surface area contributed by atoms with Gasteiger partial charge in [0.15, 0.2) is 0 Å². The molecular weight excluding hydrogens is 338 g/mol. The number of nitrogens with zero attached hydrogens (tertiary/aromatic N) is 1. The van der Waals surface area contributed by atoms with Crippen LogP contribution in [0.15, 0.2) is 60.7 Å². The van der Waals surface area contributed by atoms with E-state index in [1.807, 2.05) is 53.4 Å². The third-order valence-electron chi connectivity index (χ3n) is 4.88. The molecule has 3 amide bonds. The highest BCUT2D eigenvalue weighted by atomic mass is 16.2. The van der Waals surface area contributed by atoms with Crippen LogP contribution in [0.5, 0.6) is 0 Å². The second-order valence-electron chi connectivity index (χ2n) is 6.96. The second kappa shape index (κ2) is 9.76. The molecule has 2 aromatic rings. The van der Waals surface area contributed by atoms with Crippen molar-refractivity contribution >= 4 is 17.6 Å². The number of aryl methyl sites for hydroxylation is 1. The van der Waals surface area contributed by atoms with Crippen LogP contribution in [0, 0.1) is 0 Å². The fraction of sp³-hybridized carbons (Fsp3) is 0.364. The Balaban J connectivity index is 1.34. The van der Waals surface area contributed by atoms with Crippen molar-refractivity contribution < 1.29 is 9.59 Å². The summed E-state index contributed by atoms with van der Waals surface area (Å²) in [4.78, 5) is 26.3. The van der Waals surface area contributed by atoms with Crippen molar-refractivity contribution in [3.63, 3.8) is 0 Å². The van der Waals surface area contributed by atoms with Crippen molar-refractivity contribution in [2.24, 2.45) is 0 Å². The van der Waals surface area contributed by atoms with Gasteiger partial charge in [0.1, 0.15) is 0 Å². The molecule has 0 aromatic heterocycles. The summed E-state index contributed by atoms with van der Waals surface area (Å²) in [6.45, 7) is 1.32. The first-order valence-electron chi connectivity index (χ1n) is 9.65. The van der Waals surface area contributed by atoms with Crippen LogP contribution in [0.4, 0.5) is 10.5 Å². The van der Waals surface area contributed by atoms with Gasteiger partial charge < -0.3 is 15.5 Å².